The molecule has 1 fully saturated rings. The van der Waals surface area contributed by atoms with Gasteiger partial charge in [-0.05, 0) is 45.7 Å². The van der Waals surface area contributed by atoms with Crippen LogP contribution in [-0.4, -0.2) is 51.9 Å². The van der Waals surface area contributed by atoms with Crippen molar-refractivity contribution in [2.24, 2.45) is 0 Å². The van der Waals surface area contributed by atoms with E-state index in [1.165, 1.54) is 6.07 Å². The van der Waals surface area contributed by atoms with Crippen molar-refractivity contribution in [2.75, 3.05) is 33.5 Å². The molecule has 0 N–H and O–H groups in total. The van der Waals surface area contributed by atoms with Crippen LogP contribution >= 0.6 is 0 Å². The average Bonchev–Trinajstić information content (AvgIpc) is 2.79. The van der Waals surface area contributed by atoms with Gasteiger partial charge in [-0.25, -0.2) is 4.39 Å². The van der Waals surface area contributed by atoms with Crippen molar-refractivity contribution in [3.63, 3.8) is 0 Å². The van der Waals surface area contributed by atoms with Gasteiger partial charge < -0.3 is 23.5 Å². The highest BCUT2D eigenvalue weighted by atomic mass is 19.1. The average molecular weight is 368 g/mol. The van der Waals surface area contributed by atoms with Gasteiger partial charge in [0, 0.05) is 25.8 Å². The zero-order chi connectivity index (χ0) is 19.2. The van der Waals surface area contributed by atoms with Gasteiger partial charge in [-0.2, -0.15) is 0 Å². The quantitative estimate of drug-likeness (QED) is 0.470. The standard InChI is InChI=1S/C19H30BFO5/c1-18(2)19(3,4)26-20(25-18)16-13-15(7-8-17(16)21)14-24-10-6-9-23-12-11-22-5/h7-8,13H,6,9-12,14H2,1-5H3. The molecule has 1 aromatic rings. The fraction of sp³-hybridized carbons (Fsp3) is 0.684. The largest absolute Gasteiger partial charge is 0.497 e. The number of ether oxygens (including phenoxy) is 3. The number of hydrogen-bond acceptors (Lipinski definition) is 5. The van der Waals surface area contributed by atoms with Crippen molar-refractivity contribution >= 4 is 12.6 Å². The zero-order valence-electron chi connectivity index (χ0n) is 16.5. The second-order valence-electron chi connectivity index (χ2n) is 7.46. The molecule has 0 saturated carbocycles. The zero-order valence-corrected chi connectivity index (χ0v) is 16.5. The Labute approximate surface area is 156 Å². The molecule has 0 aromatic heterocycles. The van der Waals surface area contributed by atoms with E-state index in [-0.39, 0.29) is 5.82 Å². The maximum Gasteiger partial charge on any atom is 0.497 e. The third-order valence-electron chi connectivity index (χ3n) is 4.85. The summed E-state index contributed by atoms with van der Waals surface area (Å²) < 4.78 is 42.1. The van der Waals surface area contributed by atoms with Crippen LogP contribution in [0.5, 0.6) is 0 Å². The van der Waals surface area contributed by atoms with Crippen LogP contribution < -0.4 is 5.46 Å². The van der Waals surface area contributed by atoms with E-state index in [2.05, 4.69) is 0 Å². The van der Waals surface area contributed by atoms with Crippen LogP contribution in [0.15, 0.2) is 18.2 Å². The fourth-order valence-electron chi connectivity index (χ4n) is 2.53. The number of hydrogen-bond donors (Lipinski definition) is 0. The smallest absolute Gasteiger partial charge is 0.399 e. The first-order chi connectivity index (χ1) is 12.3. The first kappa shape index (κ1) is 21.3. The van der Waals surface area contributed by atoms with E-state index >= 15 is 0 Å². The van der Waals surface area contributed by atoms with Gasteiger partial charge >= 0.3 is 7.12 Å². The molecule has 26 heavy (non-hydrogen) atoms. The molecule has 1 aliphatic heterocycles. The normalized spacial score (nSPS) is 18.5. The second kappa shape index (κ2) is 9.28. The summed E-state index contributed by atoms with van der Waals surface area (Å²) in [6.07, 6.45) is 0.801. The number of halogens is 1. The summed E-state index contributed by atoms with van der Waals surface area (Å²) in [7, 11) is 0.932. The summed E-state index contributed by atoms with van der Waals surface area (Å²) in [5, 5.41) is 0. The lowest BCUT2D eigenvalue weighted by atomic mass is 9.78. The highest BCUT2D eigenvalue weighted by Crippen LogP contribution is 2.36. The van der Waals surface area contributed by atoms with Crippen LogP contribution in [0.4, 0.5) is 4.39 Å². The van der Waals surface area contributed by atoms with Gasteiger partial charge in [0.2, 0.25) is 0 Å². The molecule has 1 heterocycles. The van der Waals surface area contributed by atoms with Gasteiger partial charge in [0.15, 0.2) is 0 Å². The molecular weight excluding hydrogens is 338 g/mol. The lowest BCUT2D eigenvalue weighted by Gasteiger charge is -2.32. The van der Waals surface area contributed by atoms with Crippen molar-refractivity contribution < 1.29 is 27.9 Å². The molecule has 0 spiro atoms. The summed E-state index contributed by atoms with van der Waals surface area (Å²) in [6.45, 7) is 10.6. The van der Waals surface area contributed by atoms with E-state index in [4.69, 9.17) is 23.5 Å². The predicted molar refractivity (Wildman–Crippen MR) is 99.1 cm³/mol. The van der Waals surface area contributed by atoms with E-state index in [0.717, 1.165) is 12.0 Å². The number of rotatable bonds is 10. The first-order valence-corrected chi connectivity index (χ1v) is 9.05. The van der Waals surface area contributed by atoms with Crippen LogP contribution in [0, 0.1) is 5.82 Å². The topological polar surface area (TPSA) is 46.2 Å². The molecule has 5 nitrogen and oxygen atoms in total. The lowest BCUT2D eigenvalue weighted by molar-refractivity contribution is 0.00578. The molecule has 0 amide bonds. The monoisotopic (exact) mass is 368 g/mol. The number of methoxy groups -OCH3 is 1. The molecule has 0 bridgehead atoms. The molecule has 0 unspecified atom stereocenters. The number of benzene rings is 1. The lowest BCUT2D eigenvalue weighted by Crippen LogP contribution is -2.41. The van der Waals surface area contributed by atoms with E-state index < -0.39 is 18.3 Å². The molecule has 1 aliphatic rings. The summed E-state index contributed by atoms with van der Waals surface area (Å²) in [5.74, 6) is -0.334. The van der Waals surface area contributed by atoms with E-state index in [0.29, 0.717) is 38.5 Å². The van der Waals surface area contributed by atoms with Crippen molar-refractivity contribution in [3.8, 4) is 0 Å². The van der Waals surface area contributed by atoms with Crippen LogP contribution in [0.2, 0.25) is 0 Å². The maximum absolute atomic E-state index is 14.3. The van der Waals surface area contributed by atoms with E-state index in [1.807, 2.05) is 27.7 Å². The molecule has 1 saturated heterocycles. The first-order valence-electron chi connectivity index (χ1n) is 9.05. The van der Waals surface area contributed by atoms with E-state index in [1.54, 1.807) is 19.2 Å². The fourth-order valence-corrected chi connectivity index (χ4v) is 2.53. The molecule has 2 rings (SSSR count). The molecule has 7 heteroatoms. The van der Waals surface area contributed by atoms with Gasteiger partial charge in [0.25, 0.3) is 0 Å². The third-order valence-corrected chi connectivity index (χ3v) is 4.85. The third kappa shape index (κ3) is 5.50. The Hall–Kier alpha value is -0.985. The Morgan fingerprint density at radius 1 is 0.962 bits per heavy atom. The Balaban J connectivity index is 1.84. The van der Waals surface area contributed by atoms with Gasteiger partial charge in [-0.1, -0.05) is 12.1 Å². The molecule has 146 valence electrons. The highest BCUT2D eigenvalue weighted by Gasteiger charge is 2.52. The van der Waals surface area contributed by atoms with Crippen LogP contribution in [0.3, 0.4) is 0 Å². The Kier molecular flexibility index (Phi) is 7.61. The maximum atomic E-state index is 14.3. The Morgan fingerprint density at radius 3 is 2.27 bits per heavy atom. The molecule has 1 aromatic carbocycles. The predicted octanol–water partition coefficient (Wildman–Crippen LogP) is 2.69. The minimum Gasteiger partial charge on any atom is -0.399 e. The summed E-state index contributed by atoms with van der Waals surface area (Å²) in [6, 6.07) is 4.92. The van der Waals surface area contributed by atoms with E-state index in [9.17, 15) is 4.39 Å². The van der Waals surface area contributed by atoms with Crippen LogP contribution in [-0.2, 0) is 30.1 Å². The minimum atomic E-state index is -0.714. The van der Waals surface area contributed by atoms with Gasteiger partial charge in [-0.3, -0.25) is 0 Å². The van der Waals surface area contributed by atoms with Crippen LogP contribution in [0.25, 0.3) is 0 Å². The van der Waals surface area contributed by atoms with Crippen molar-refractivity contribution in [2.45, 2.75) is 51.9 Å². The SMILES string of the molecule is COCCOCCCOCc1ccc(F)c(B2OC(C)(C)C(C)(C)O2)c1. The molecule has 0 atom stereocenters. The summed E-state index contributed by atoms with van der Waals surface area (Å²) in [5.41, 5.74) is 0.294. The van der Waals surface area contributed by atoms with Gasteiger partial charge in [0.1, 0.15) is 5.82 Å². The summed E-state index contributed by atoms with van der Waals surface area (Å²) >= 11 is 0. The molecule has 0 radical (unpaired) electrons. The van der Waals surface area contributed by atoms with Gasteiger partial charge in [0.05, 0.1) is 31.0 Å². The molecule has 0 aliphatic carbocycles. The van der Waals surface area contributed by atoms with Crippen LogP contribution in [0.1, 0.15) is 39.7 Å². The summed E-state index contributed by atoms with van der Waals surface area (Å²) in [4.78, 5) is 0. The van der Waals surface area contributed by atoms with Crippen molar-refractivity contribution in [1.29, 1.82) is 0 Å². The highest BCUT2D eigenvalue weighted by molar-refractivity contribution is 6.62. The second-order valence-corrected chi connectivity index (χ2v) is 7.46. The van der Waals surface area contributed by atoms with Gasteiger partial charge in [-0.15, -0.1) is 0 Å². The molecular formula is C19H30BFO5. The Morgan fingerprint density at radius 2 is 1.62 bits per heavy atom. The Bertz CT molecular complexity index is 563. The van der Waals surface area contributed by atoms with Crippen molar-refractivity contribution in [1.82, 2.24) is 0 Å². The minimum absolute atomic E-state index is 0.334. The van der Waals surface area contributed by atoms with Crippen molar-refractivity contribution in [3.05, 3.63) is 29.6 Å².